The molecule has 0 fully saturated rings. The third-order valence-corrected chi connectivity index (χ3v) is 2.73. The number of halogens is 1. The fourth-order valence-corrected chi connectivity index (χ4v) is 1.87. The van der Waals surface area contributed by atoms with Crippen LogP contribution < -0.4 is 0 Å². The van der Waals surface area contributed by atoms with Gasteiger partial charge in [-0.1, -0.05) is 35.4 Å². The van der Waals surface area contributed by atoms with Crippen molar-refractivity contribution in [2.24, 2.45) is 13.0 Å². The molecular weight excluding hydrogens is 228 g/mol. The number of rotatable bonds is 3. The molecule has 1 rings (SSSR count). The first-order valence-corrected chi connectivity index (χ1v) is 5.50. The summed E-state index contributed by atoms with van der Waals surface area (Å²) in [5.41, 5.74) is 2.55. The second-order valence-corrected chi connectivity index (χ2v) is 4.00. The molecule has 0 saturated carbocycles. The van der Waals surface area contributed by atoms with Crippen molar-refractivity contribution in [3.8, 4) is 0 Å². The van der Waals surface area contributed by atoms with Crippen LogP contribution in [0.3, 0.4) is 0 Å². The summed E-state index contributed by atoms with van der Waals surface area (Å²) in [7, 11) is 2.00. The largest absolute Gasteiger partial charge is 0.334 e. The minimum Gasteiger partial charge on any atom is -0.334 e. The average Bonchev–Trinajstić information content (AvgIpc) is 2.46. The molecule has 0 radical (unpaired) electrons. The van der Waals surface area contributed by atoms with Crippen LogP contribution in [0.15, 0.2) is 18.1 Å². The van der Waals surface area contributed by atoms with Gasteiger partial charge in [0, 0.05) is 12.4 Å². The third-order valence-electron chi connectivity index (χ3n) is 2.08. The molecule has 13 heavy (non-hydrogen) atoms. The molecule has 1 aromatic heterocycles. The Labute approximate surface area is 87.8 Å². The SMILES string of the molecule is CC(C)C(=Cc1cncn1C)CBr. The average molecular weight is 243 g/mol. The smallest absolute Gasteiger partial charge is 0.0948 e. The highest BCUT2D eigenvalue weighted by molar-refractivity contribution is 9.09. The Bertz CT molecular complexity index is 300. The molecule has 1 heterocycles. The maximum Gasteiger partial charge on any atom is 0.0948 e. The van der Waals surface area contributed by atoms with Crippen molar-refractivity contribution in [1.29, 1.82) is 0 Å². The number of nitrogens with zero attached hydrogens (tertiary/aromatic N) is 2. The van der Waals surface area contributed by atoms with Gasteiger partial charge in [-0.3, -0.25) is 0 Å². The van der Waals surface area contributed by atoms with Crippen LogP contribution in [0.25, 0.3) is 6.08 Å². The summed E-state index contributed by atoms with van der Waals surface area (Å²) in [5, 5.41) is 0.926. The molecule has 0 spiro atoms. The number of hydrogen-bond acceptors (Lipinski definition) is 1. The summed E-state index contributed by atoms with van der Waals surface area (Å²) in [6, 6.07) is 0. The first-order valence-electron chi connectivity index (χ1n) is 4.38. The van der Waals surface area contributed by atoms with E-state index in [2.05, 4.69) is 40.8 Å². The van der Waals surface area contributed by atoms with E-state index in [0.29, 0.717) is 5.92 Å². The molecule has 3 heteroatoms. The van der Waals surface area contributed by atoms with E-state index >= 15 is 0 Å². The van der Waals surface area contributed by atoms with Gasteiger partial charge in [0.1, 0.15) is 0 Å². The third kappa shape index (κ3) is 2.69. The second-order valence-electron chi connectivity index (χ2n) is 3.44. The summed E-state index contributed by atoms with van der Waals surface area (Å²) in [5.74, 6) is 0.578. The molecule has 2 nitrogen and oxygen atoms in total. The van der Waals surface area contributed by atoms with Crippen LogP contribution >= 0.6 is 15.9 Å². The lowest BCUT2D eigenvalue weighted by Crippen LogP contribution is -1.97. The molecule has 0 atom stereocenters. The fourth-order valence-electron chi connectivity index (χ4n) is 1.06. The van der Waals surface area contributed by atoms with E-state index in [1.165, 1.54) is 5.57 Å². The van der Waals surface area contributed by atoms with Crippen LogP contribution in [0, 0.1) is 5.92 Å². The van der Waals surface area contributed by atoms with Crippen molar-refractivity contribution in [2.75, 3.05) is 5.33 Å². The van der Waals surface area contributed by atoms with E-state index < -0.39 is 0 Å². The Kier molecular flexibility index (Phi) is 3.72. The summed E-state index contributed by atoms with van der Waals surface area (Å²) in [6.07, 6.45) is 5.88. The van der Waals surface area contributed by atoms with Gasteiger partial charge in [-0.15, -0.1) is 0 Å². The molecule has 0 aliphatic heterocycles. The van der Waals surface area contributed by atoms with E-state index in [1.807, 2.05) is 24.1 Å². The fraction of sp³-hybridized carbons (Fsp3) is 0.500. The summed E-state index contributed by atoms with van der Waals surface area (Å²) in [6.45, 7) is 4.40. The standard InChI is InChI=1S/C10H15BrN2/c1-8(2)9(5-11)4-10-6-12-7-13(10)3/h4,6-8H,5H2,1-3H3. The zero-order chi connectivity index (χ0) is 9.84. The predicted octanol–water partition coefficient (Wildman–Crippen LogP) is 2.85. The molecular formula is C10H15BrN2. The lowest BCUT2D eigenvalue weighted by Gasteiger charge is -2.07. The Hall–Kier alpha value is -0.570. The number of aromatic nitrogens is 2. The van der Waals surface area contributed by atoms with Crippen LogP contribution in [-0.4, -0.2) is 14.9 Å². The number of imidazole rings is 1. The van der Waals surface area contributed by atoms with Crippen molar-refractivity contribution in [2.45, 2.75) is 13.8 Å². The van der Waals surface area contributed by atoms with Gasteiger partial charge in [-0.25, -0.2) is 4.98 Å². The Morgan fingerprint density at radius 3 is 2.77 bits per heavy atom. The highest BCUT2D eigenvalue weighted by atomic mass is 79.9. The molecule has 72 valence electrons. The van der Waals surface area contributed by atoms with E-state index in [4.69, 9.17) is 0 Å². The molecule has 0 unspecified atom stereocenters. The molecule has 1 aromatic rings. The lowest BCUT2D eigenvalue weighted by molar-refractivity contribution is 0.778. The van der Waals surface area contributed by atoms with Crippen LogP contribution in [0.5, 0.6) is 0 Å². The van der Waals surface area contributed by atoms with E-state index in [9.17, 15) is 0 Å². The van der Waals surface area contributed by atoms with E-state index in [-0.39, 0.29) is 0 Å². The summed E-state index contributed by atoms with van der Waals surface area (Å²) < 4.78 is 2.02. The second kappa shape index (κ2) is 4.61. The Balaban J connectivity index is 2.91. The van der Waals surface area contributed by atoms with Gasteiger partial charge in [-0.05, 0) is 12.0 Å². The van der Waals surface area contributed by atoms with Crippen LogP contribution in [0.1, 0.15) is 19.5 Å². The van der Waals surface area contributed by atoms with Gasteiger partial charge in [0.2, 0.25) is 0 Å². The maximum atomic E-state index is 4.07. The van der Waals surface area contributed by atoms with Crippen molar-refractivity contribution in [1.82, 2.24) is 9.55 Å². The summed E-state index contributed by atoms with van der Waals surface area (Å²) >= 11 is 3.49. The minimum atomic E-state index is 0.578. The van der Waals surface area contributed by atoms with Crippen LogP contribution in [-0.2, 0) is 7.05 Å². The topological polar surface area (TPSA) is 17.8 Å². The van der Waals surface area contributed by atoms with E-state index in [1.54, 1.807) is 0 Å². The van der Waals surface area contributed by atoms with Gasteiger partial charge in [0.25, 0.3) is 0 Å². The minimum absolute atomic E-state index is 0.578. The Morgan fingerprint density at radius 1 is 1.69 bits per heavy atom. The van der Waals surface area contributed by atoms with Gasteiger partial charge < -0.3 is 4.57 Å². The predicted molar refractivity (Wildman–Crippen MR) is 59.8 cm³/mol. The first-order chi connectivity index (χ1) is 6.15. The van der Waals surface area contributed by atoms with Gasteiger partial charge >= 0.3 is 0 Å². The monoisotopic (exact) mass is 242 g/mol. The quantitative estimate of drug-likeness (QED) is 0.746. The molecule has 0 aliphatic rings. The highest BCUT2D eigenvalue weighted by Gasteiger charge is 2.02. The number of alkyl halides is 1. The zero-order valence-electron chi connectivity index (χ0n) is 8.29. The van der Waals surface area contributed by atoms with Crippen molar-refractivity contribution < 1.29 is 0 Å². The molecule has 0 amide bonds. The lowest BCUT2D eigenvalue weighted by atomic mass is 10.0. The van der Waals surface area contributed by atoms with Crippen molar-refractivity contribution in [3.63, 3.8) is 0 Å². The maximum absolute atomic E-state index is 4.07. The van der Waals surface area contributed by atoms with Crippen LogP contribution in [0.2, 0.25) is 0 Å². The van der Waals surface area contributed by atoms with Gasteiger partial charge in [0.15, 0.2) is 0 Å². The molecule has 0 aliphatic carbocycles. The highest BCUT2D eigenvalue weighted by Crippen LogP contribution is 2.16. The van der Waals surface area contributed by atoms with Crippen molar-refractivity contribution in [3.05, 3.63) is 23.8 Å². The number of aryl methyl sites for hydroxylation is 1. The van der Waals surface area contributed by atoms with Gasteiger partial charge in [0.05, 0.1) is 18.2 Å². The normalized spacial score (nSPS) is 12.5. The van der Waals surface area contributed by atoms with Crippen LogP contribution in [0.4, 0.5) is 0 Å². The van der Waals surface area contributed by atoms with Crippen molar-refractivity contribution >= 4 is 22.0 Å². The Morgan fingerprint density at radius 2 is 2.38 bits per heavy atom. The summed E-state index contributed by atoms with van der Waals surface area (Å²) in [4.78, 5) is 4.07. The molecule has 0 aromatic carbocycles. The number of hydrogen-bond donors (Lipinski definition) is 0. The number of allylic oxidation sites excluding steroid dienone is 1. The molecule has 0 bridgehead atoms. The van der Waals surface area contributed by atoms with Gasteiger partial charge in [-0.2, -0.15) is 0 Å². The molecule has 0 N–H and O–H groups in total. The molecule has 0 saturated heterocycles. The zero-order valence-corrected chi connectivity index (χ0v) is 9.87. The van der Waals surface area contributed by atoms with E-state index in [0.717, 1.165) is 11.0 Å². The first kappa shape index (κ1) is 10.5.